The third kappa shape index (κ3) is 3.49. The lowest BCUT2D eigenvalue weighted by Gasteiger charge is -2.02. The van der Waals surface area contributed by atoms with E-state index in [1.54, 1.807) is 0 Å². The highest BCUT2D eigenvalue weighted by molar-refractivity contribution is 7.80. The van der Waals surface area contributed by atoms with Crippen LogP contribution in [-0.4, -0.2) is 19.9 Å². The summed E-state index contributed by atoms with van der Waals surface area (Å²) in [7, 11) is 0. The van der Waals surface area contributed by atoms with Crippen LogP contribution in [0.15, 0.2) is 71.6 Å². The molecule has 1 aromatic carbocycles. The number of aromatic nitrogens is 4. The first kappa shape index (κ1) is 18.0. The molecular weight excluding hydrogens is 400 g/mol. The van der Waals surface area contributed by atoms with Gasteiger partial charge in [-0.2, -0.15) is 0 Å². The number of fused-ring (bicyclic) bond motifs is 8. The standard InChI is InChI=1S/C26H18N4S/c31-26-4-2-1-3-23(26)24-14-22-13-20-8-7-18(28-20)11-16-5-6-17(27-16)12-19-9-10-21(29-19)15-25(24)30-22/h1-15,27,30-31H. The van der Waals surface area contributed by atoms with Crippen LogP contribution in [0.1, 0.15) is 22.8 Å². The maximum Gasteiger partial charge on any atom is 0.0658 e. The number of hydrogen-bond acceptors (Lipinski definition) is 3. The summed E-state index contributed by atoms with van der Waals surface area (Å²) in [5, 5.41) is 0. The second-order valence-corrected chi connectivity index (χ2v) is 8.09. The molecule has 31 heavy (non-hydrogen) atoms. The van der Waals surface area contributed by atoms with E-state index in [-0.39, 0.29) is 0 Å². The van der Waals surface area contributed by atoms with Gasteiger partial charge in [-0.1, -0.05) is 18.2 Å². The van der Waals surface area contributed by atoms with Crippen molar-refractivity contribution in [2.24, 2.45) is 0 Å². The molecule has 2 N–H and O–H groups in total. The molecule has 0 spiro atoms. The molecule has 0 saturated carbocycles. The van der Waals surface area contributed by atoms with Crippen molar-refractivity contribution in [3.63, 3.8) is 0 Å². The van der Waals surface area contributed by atoms with Gasteiger partial charge in [0.25, 0.3) is 0 Å². The summed E-state index contributed by atoms with van der Waals surface area (Å²) in [6.07, 6.45) is 8.12. The predicted molar refractivity (Wildman–Crippen MR) is 132 cm³/mol. The fourth-order valence-electron chi connectivity index (χ4n) is 3.94. The number of thiol groups is 1. The van der Waals surface area contributed by atoms with Gasteiger partial charge >= 0.3 is 0 Å². The first-order chi connectivity index (χ1) is 15.2. The van der Waals surface area contributed by atoms with Crippen molar-refractivity contribution in [1.29, 1.82) is 0 Å². The number of H-pyrrole nitrogens is 2. The van der Waals surface area contributed by atoms with Crippen LogP contribution in [0.3, 0.4) is 0 Å². The Morgan fingerprint density at radius 1 is 0.548 bits per heavy atom. The molecule has 0 fully saturated rings. The molecule has 0 atom stereocenters. The molecule has 2 aliphatic rings. The Hall–Kier alpha value is -3.83. The number of benzene rings is 1. The van der Waals surface area contributed by atoms with Crippen molar-refractivity contribution in [2.45, 2.75) is 4.90 Å². The van der Waals surface area contributed by atoms with E-state index in [2.05, 4.69) is 59.0 Å². The molecule has 8 bridgehead atoms. The zero-order chi connectivity index (χ0) is 20.8. The van der Waals surface area contributed by atoms with Crippen LogP contribution in [0, 0.1) is 0 Å². The summed E-state index contributed by atoms with van der Waals surface area (Å²) in [6.45, 7) is 0. The van der Waals surface area contributed by atoms with Gasteiger partial charge in [-0.05, 0) is 78.4 Å². The van der Waals surface area contributed by atoms with Crippen LogP contribution in [0.5, 0.6) is 0 Å². The highest BCUT2D eigenvalue weighted by Crippen LogP contribution is 2.31. The predicted octanol–water partition coefficient (Wildman–Crippen LogP) is 6.61. The number of aromatic amines is 2. The summed E-state index contributed by atoms with van der Waals surface area (Å²) in [6, 6.07) is 22.6. The monoisotopic (exact) mass is 418 g/mol. The molecule has 3 aromatic heterocycles. The Morgan fingerprint density at radius 3 is 1.77 bits per heavy atom. The largest absolute Gasteiger partial charge is 0.355 e. The van der Waals surface area contributed by atoms with Crippen molar-refractivity contribution in [3.05, 3.63) is 89.5 Å². The number of hydrogen-bond donors (Lipinski definition) is 3. The summed E-state index contributed by atoms with van der Waals surface area (Å²) in [5.41, 5.74) is 9.79. The van der Waals surface area contributed by atoms with Gasteiger partial charge in [0.1, 0.15) is 0 Å². The van der Waals surface area contributed by atoms with Crippen LogP contribution >= 0.6 is 12.6 Å². The number of rotatable bonds is 1. The van der Waals surface area contributed by atoms with Crippen LogP contribution in [0.4, 0.5) is 0 Å². The van der Waals surface area contributed by atoms with Crippen LogP contribution in [-0.2, 0) is 0 Å². The molecule has 148 valence electrons. The summed E-state index contributed by atoms with van der Waals surface area (Å²) < 4.78 is 0. The summed E-state index contributed by atoms with van der Waals surface area (Å²) in [5.74, 6) is 0. The average Bonchev–Trinajstić information content (AvgIpc) is 3.53. The van der Waals surface area contributed by atoms with E-state index < -0.39 is 0 Å². The highest BCUT2D eigenvalue weighted by atomic mass is 32.1. The third-order valence-corrected chi connectivity index (χ3v) is 5.75. The molecule has 4 aromatic rings. The Bertz CT molecular complexity index is 1550. The zero-order valence-electron chi connectivity index (χ0n) is 16.5. The van der Waals surface area contributed by atoms with E-state index in [4.69, 9.17) is 9.97 Å². The van der Waals surface area contributed by atoms with E-state index in [0.717, 1.165) is 60.9 Å². The van der Waals surface area contributed by atoms with E-state index in [1.807, 2.05) is 54.6 Å². The molecular formula is C26H18N4S. The fraction of sp³-hybridized carbons (Fsp3) is 0. The first-order valence-electron chi connectivity index (χ1n) is 10.1. The molecule has 5 heteroatoms. The molecule has 4 nitrogen and oxygen atoms in total. The van der Waals surface area contributed by atoms with E-state index in [1.165, 1.54) is 0 Å². The van der Waals surface area contributed by atoms with Crippen molar-refractivity contribution in [1.82, 2.24) is 19.9 Å². The molecule has 0 saturated heterocycles. The Kier molecular flexibility index (Phi) is 4.14. The maximum atomic E-state index is 4.77. The van der Waals surface area contributed by atoms with Crippen molar-refractivity contribution in [2.75, 3.05) is 0 Å². The maximum absolute atomic E-state index is 4.77. The van der Waals surface area contributed by atoms with Crippen LogP contribution in [0.2, 0.25) is 0 Å². The van der Waals surface area contributed by atoms with Gasteiger partial charge in [0.05, 0.1) is 22.8 Å². The summed E-state index contributed by atoms with van der Waals surface area (Å²) in [4.78, 5) is 17.4. The Morgan fingerprint density at radius 2 is 1.13 bits per heavy atom. The zero-order valence-corrected chi connectivity index (χ0v) is 17.4. The molecule has 6 rings (SSSR count). The minimum Gasteiger partial charge on any atom is -0.355 e. The lowest BCUT2D eigenvalue weighted by molar-refractivity contribution is 1.31. The number of nitrogens with zero attached hydrogens (tertiary/aromatic N) is 2. The number of nitrogens with one attached hydrogen (secondary N) is 2. The second kappa shape index (κ2) is 7.15. The van der Waals surface area contributed by atoms with Gasteiger partial charge < -0.3 is 9.97 Å². The van der Waals surface area contributed by atoms with Crippen molar-refractivity contribution in [3.8, 4) is 11.1 Å². The van der Waals surface area contributed by atoms with E-state index in [9.17, 15) is 0 Å². The summed E-state index contributed by atoms with van der Waals surface area (Å²) >= 11 is 4.68. The lowest BCUT2D eigenvalue weighted by atomic mass is 10.1. The van der Waals surface area contributed by atoms with Gasteiger partial charge in [0, 0.05) is 32.5 Å². The molecule has 0 unspecified atom stereocenters. The lowest BCUT2D eigenvalue weighted by Crippen LogP contribution is -1.79. The minimum absolute atomic E-state index is 0.900. The van der Waals surface area contributed by atoms with Gasteiger partial charge in [-0.25, -0.2) is 9.97 Å². The topological polar surface area (TPSA) is 57.4 Å². The van der Waals surface area contributed by atoms with Crippen LogP contribution < -0.4 is 0 Å². The molecule has 0 radical (unpaired) electrons. The molecule has 5 heterocycles. The van der Waals surface area contributed by atoms with Gasteiger partial charge in [-0.3, -0.25) is 0 Å². The molecule has 2 aliphatic heterocycles. The minimum atomic E-state index is 0.900. The molecule has 0 aliphatic carbocycles. The van der Waals surface area contributed by atoms with E-state index in [0.29, 0.717) is 0 Å². The van der Waals surface area contributed by atoms with Crippen molar-refractivity contribution >= 4 is 59.0 Å². The smallest absolute Gasteiger partial charge is 0.0658 e. The van der Waals surface area contributed by atoms with Gasteiger partial charge in [0.2, 0.25) is 0 Å². The van der Waals surface area contributed by atoms with Gasteiger partial charge in [-0.15, -0.1) is 12.6 Å². The van der Waals surface area contributed by atoms with Crippen LogP contribution in [0.25, 0.3) is 57.5 Å². The van der Waals surface area contributed by atoms with Crippen molar-refractivity contribution < 1.29 is 0 Å². The average molecular weight is 419 g/mol. The SMILES string of the molecule is Sc1ccccc1-c1cc2cc3nc(cc4ccc(cc5nc(cc1[nH]2)C=C5)[nH]4)C=C3. The Balaban J connectivity index is 1.69. The Labute approximate surface area is 184 Å². The normalized spacial score (nSPS) is 12.4. The molecule has 0 amide bonds. The third-order valence-electron chi connectivity index (χ3n) is 5.36. The first-order valence-corrected chi connectivity index (χ1v) is 10.5. The second-order valence-electron chi connectivity index (χ2n) is 7.61. The van der Waals surface area contributed by atoms with Gasteiger partial charge in [0.15, 0.2) is 0 Å². The fourth-order valence-corrected chi connectivity index (χ4v) is 4.22. The quantitative estimate of drug-likeness (QED) is 0.263. The van der Waals surface area contributed by atoms with E-state index >= 15 is 0 Å². The highest BCUT2D eigenvalue weighted by Gasteiger charge is 2.09.